The van der Waals surface area contributed by atoms with Crippen LogP contribution in [-0.2, 0) is 0 Å². The lowest BCUT2D eigenvalue weighted by Gasteiger charge is -2.44. The molecule has 2 rings (SSSR count). The predicted octanol–water partition coefficient (Wildman–Crippen LogP) is 0.327. The summed E-state index contributed by atoms with van der Waals surface area (Å²) in [6, 6.07) is 0.713. The van der Waals surface area contributed by atoms with Crippen LogP contribution in [0.5, 0.6) is 0 Å². The van der Waals surface area contributed by atoms with Crippen molar-refractivity contribution in [2.24, 2.45) is 5.92 Å². The third kappa shape index (κ3) is 3.92. The number of hydrogen-bond acceptors (Lipinski definition) is 4. The van der Waals surface area contributed by atoms with Crippen LogP contribution >= 0.6 is 0 Å². The van der Waals surface area contributed by atoms with Crippen molar-refractivity contribution in [2.45, 2.75) is 26.3 Å². The van der Waals surface area contributed by atoms with E-state index in [1.807, 2.05) is 0 Å². The molecule has 0 amide bonds. The summed E-state index contributed by atoms with van der Waals surface area (Å²) in [4.78, 5) is 7.57. The number of aliphatic hydroxyl groups excluding tert-OH is 1. The molecule has 0 radical (unpaired) electrons. The van der Waals surface area contributed by atoms with Gasteiger partial charge in [-0.1, -0.05) is 0 Å². The molecule has 2 aliphatic rings. The highest BCUT2D eigenvalue weighted by Crippen LogP contribution is 2.19. The maximum absolute atomic E-state index is 8.99. The molecule has 0 aromatic rings. The SMILES string of the molecule is CC(C)N1CC(CN2CCCN(CCO)CC2)C1. The molecule has 0 bridgehead atoms. The summed E-state index contributed by atoms with van der Waals surface area (Å²) in [7, 11) is 0. The molecule has 2 fully saturated rings. The van der Waals surface area contributed by atoms with Crippen LogP contribution in [0.25, 0.3) is 0 Å². The van der Waals surface area contributed by atoms with E-state index in [0.29, 0.717) is 12.6 Å². The van der Waals surface area contributed by atoms with Crippen LogP contribution in [0.2, 0.25) is 0 Å². The summed E-state index contributed by atoms with van der Waals surface area (Å²) < 4.78 is 0. The van der Waals surface area contributed by atoms with E-state index in [1.165, 1.54) is 39.1 Å². The molecule has 0 atom stereocenters. The molecule has 0 unspecified atom stereocenters. The zero-order valence-electron chi connectivity index (χ0n) is 12.0. The van der Waals surface area contributed by atoms with Crippen molar-refractivity contribution in [3.63, 3.8) is 0 Å². The van der Waals surface area contributed by atoms with E-state index >= 15 is 0 Å². The Morgan fingerprint density at radius 2 is 1.72 bits per heavy atom. The van der Waals surface area contributed by atoms with Gasteiger partial charge in [-0.2, -0.15) is 0 Å². The molecular formula is C14H29N3O. The van der Waals surface area contributed by atoms with Crippen molar-refractivity contribution in [2.75, 3.05) is 59.0 Å². The summed E-state index contributed by atoms with van der Waals surface area (Å²) in [5.74, 6) is 0.886. The Bertz CT molecular complexity index is 241. The standard InChI is InChI=1S/C14H29N3O/c1-13(2)17-11-14(12-17)10-16-5-3-4-15(6-7-16)8-9-18/h13-14,18H,3-12H2,1-2H3. The van der Waals surface area contributed by atoms with E-state index in [1.54, 1.807) is 0 Å². The van der Waals surface area contributed by atoms with E-state index in [9.17, 15) is 0 Å². The van der Waals surface area contributed by atoms with Crippen molar-refractivity contribution in [1.82, 2.24) is 14.7 Å². The Kier molecular flexibility index (Phi) is 5.42. The molecule has 2 saturated heterocycles. The minimum Gasteiger partial charge on any atom is -0.395 e. The lowest BCUT2D eigenvalue weighted by atomic mass is 9.97. The van der Waals surface area contributed by atoms with Crippen LogP contribution in [0, 0.1) is 5.92 Å². The summed E-state index contributed by atoms with van der Waals surface area (Å²) >= 11 is 0. The van der Waals surface area contributed by atoms with E-state index in [2.05, 4.69) is 28.5 Å². The van der Waals surface area contributed by atoms with Crippen LogP contribution in [0.1, 0.15) is 20.3 Å². The molecule has 1 N–H and O–H groups in total. The number of nitrogens with zero attached hydrogens (tertiary/aromatic N) is 3. The first kappa shape index (κ1) is 14.3. The second-order valence-corrected chi connectivity index (χ2v) is 6.13. The Hall–Kier alpha value is -0.160. The number of rotatable bonds is 5. The highest BCUT2D eigenvalue weighted by molar-refractivity contribution is 4.85. The van der Waals surface area contributed by atoms with E-state index < -0.39 is 0 Å². The Balaban J connectivity index is 1.65. The summed E-state index contributed by atoms with van der Waals surface area (Å²) in [6.07, 6.45) is 1.25. The van der Waals surface area contributed by atoms with Gasteiger partial charge in [0, 0.05) is 45.3 Å². The van der Waals surface area contributed by atoms with Crippen LogP contribution < -0.4 is 0 Å². The van der Waals surface area contributed by atoms with Crippen molar-refractivity contribution in [3.05, 3.63) is 0 Å². The molecule has 106 valence electrons. The fourth-order valence-corrected chi connectivity index (χ4v) is 3.08. The molecule has 0 spiro atoms. The summed E-state index contributed by atoms with van der Waals surface area (Å²) in [6.45, 7) is 14.3. The number of β-amino-alcohol motifs (C(OH)–C–C–N with tert-alkyl or cyclic N) is 1. The fraction of sp³-hybridized carbons (Fsp3) is 1.00. The maximum atomic E-state index is 8.99. The first-order valence-corrected chi connectivity index (χ1v) is 7.48. The van der Waals surface area contributed by atoms with Gasteiger partial charge in [0.15, 0.2) is 0 Å². The van der Waals surface area contributed by atoms with Crippen molar-refractivity contribution in [3.8, 4) is 0 Å². The first-order valence-electron chi connectivity index (χ1n) is 7.48. The van der Waals surface area contributed by atoms with E-state index in [0.717, 1.165) is 25.6 Å². The van der Waals surface area contributed by atoms with E-state index in [4.69, 9.17) is 5.11 Å². The number of aliphatic hydroxyl groups is 1. The average Bonchev–Trinajstić information content (AvgIpc) is 2.48. The minimum atomic E-state index is 0.298. The largest absolute Gasteiger partial charge is 0.395 e. The fourth-order valence-electron chi connectivity index (χ4n) is 3.08. The Morgan fingerprint density at radius 1 is 1.06 bits per heavy atom. The van der Waals surface area contributed by atoms with Gasteiger partial charge in [-0.3, -0.25) is 4.90 Å². The lowest BCUT2D eigenvalue weighted by Crippen LogP contribution is -2.54. The molecule has 0 saturated carbocycles. The van der Waals surface area contributed by atoms with Crippen molar-refractivity contribution < 1.29 is 5.11 Å². The number of likely N-dealkylation sites (tertiary alicyclic amines) is 1. The van der Waals surface area contributed by atoms with Gasteiger partial charge in [0.25, 0.3) is 0 Å². The van der Waals surface area contributed by atoms with Gasteiger partial charge >= 0.3 is 0 Å². The van der Waals surface area contributed by atoms with Crippen LogP contribution in [0.15, 0.2) is 0 Å². The zero-order valence-corrected chi connectivity index (χ0v) is 12.0. The van der Waals surface area contributed by atoms with Crippen LogP contribution in [0.3, 0.4) is 0 Å². The smallest absolute Gasteiger partial charge is 0.0558 e. The van der Waals surface area contributed by atoms with Crippen molar-refractivity contribution >= 4 is 0 Å². The van der Waals surface area contributed by atoms with Crippen LogP contribution in [-0.4, -0.2) is 84.8 Å². The van der Waals surface area contributed by atoms with Gasteiger partial charge in [-0.25, -0.2) is 0 Å². The third-order valence-corrected chi connectivity index (χ3v) is 4.33. The highest BCUT2D eigenvalue weighted by Gasteiger charge is 2.30. The molecule has 2 aliphatic heterocycles. The van der Waals surface area contributed by atoms with Crippen LogP contribution in [0.4, 0.5) is 0 Å². The second-order valence-electron chi connectivity index (χ2n) is 6.13. The first-order chi connectivity index (χ1) is 8.69. The maximum Gasteiger partial charge on any atom is 0.0558 e. The normalized spacial score (nSPS) is 25.3. The van der Waals surface area contributed by atoms with Gasteiger partial charge < -0.3 is 14.9 Å². The second kappa shape index (κ2) is 6.85. The molecule has 18 heavy (non-hydrogen) atoms. The monoisotopic (exact) mass is 255 g/mol. The topological polar surface area (TPSA) is 30.0 Å². The summed E-state index contributed by atoms with van der Waals surface area (Å²) in [5, 5.41) is 8.99. The Morgan fingerprint density at radius 3 is 2.39 bits per heavy atom. The molecule has 2 heterocycles. The minimum absolute atomic E-state index is 0.298. The highest BCUT2D eigenvalue weighted by atomic mass is 16.3. The van der Waals surface area contributed by atoms with Gasteiger partial charge in [0.1, 0.15) is 0 Å². The zero-order chi connectivity index (χ0) is 13.0. The molecule has 0 aromatic carbocycles. The molecule has 4 heteroatoms. The predicted molar refractivity (Wildman–Crippen MR) is 74.8 cm³/mol. The molecule has 0 aromatic heterocycles. The quantitative estimate of drug-likeness (QED) is 0.767. The molecule has 0 aliphatic carbocycles. The van der Waals surface area contributed by atoms with Crippen molar-refractivity contribution in [1.29, 1.82) is 0 Å². The van der Waals surface area contributed by atoms with Gasteiger partial charge in [0.05, 0.1) is 6.61 Å². The van der Waals surface area contributed by atoms with Gasteiger partial charge in [-0.05, 0) is 39.3 Å². The summed E-state index contributed by atoms with van der Waals surface area (Å²) in [5.41, 5.74) is 0. The number of hydrogen-bond donors (Lipinski definition) is 1. The Labute approximate surface area is 112 Å². The third-order valence-electron chi connectivity index (χ3n) is 4.33. The molecule has 4 nitrogen and oxygen atoms in total. The average molecular weight is 255 g/mol. The van der Waals surface area contributed by atoms with E-state index in [-0.39, 0.29) is 0 Å². The molecular weight excluding hydrogens is 226 g/mol. The lowest BCUT2D eigenvalue weighted by molar-refractivity contribution is 0.0430. The van der Waals surface area contributed by atoms with Gasteiger partial charge in [0.2, 0.25) is 0 Å². The van der Waals surface area contributed by atoms with Gasteiger partial charge in [-0.15, -0.1) is 0 Å².